The van der Waals surface area contributed by atoms with Crippen LogP contribution in [0.15, 0.2) is 46.0 Å². The standard InChI is InChI=1S/C20H20N2O2.2C2H6OS/c1-11-5-7-13(3)15(9-11)21-17-18(20(24)19(17)23)22-16-10-12(2)6-8-14(16)4;2*1-4(2)3/h5-10,21-22H,1-4H3;2*1-2H3. The lowest BCUT2D eigenvalue weighted by molar-refractivity contribution is 0.689. The summed E-state index contributed by atoms with van der Waals surface area (Å²) in [7, 11) is -1.22. The van der Waals surface area contributed by atoms with Crippen molar-refractivity contribution in [3.8, 4) is 0 Å². The first-order valence-corrected chi connectivity index (χ1v) is 13.8. The molecule has 0 aliphatic carbocycles. The van der Waals surface area contributed by atoms with Gasteiger partial charge in [-0.3, -0.25) is 18.0 Å². The molecule has 0 spiro atoms. The summed E-state index contributed by atoms with van der Waals surface area (Å²) in [5, 5.41) is 6.24. The molecule has 32 heavy (non-hydrogen) atoms. The van der Waals surface area contributed by atoms with Gasteiger partial charge in [0.05, 0.1) is 0 Å². The monoisotopic (exact) mass is 476 g/mol. The molecule has 0 saturated carbocycles. The van der Waals surface area contributed by atoms with E-state index >= 15 is 0 Å². The molecule has 0 fully saturated rings. The molecule has 8 heteroatoms. The molecule has 0 unspecified atom stereocenters. The van der Waals surface area contributed by atoms with Crippen molar-refractivity contribution in [3.05, 3.63) is 79.1 Å². The average Bonchev–Trinajstić information content (AvgIpc) is 2.68. The van der Waals surface area contributed by atoms with Crippen LogP contribution < -0.4 is 21.5 Å². The Kier molecular flexibility index (Phi) is 10.7. The van der Waals surface area contributed by atoms with Crippen molar-refractivity contribution in [1.29, 1.82) is 0 Å². The quantitative estimate of drug-likeness (QED) is 0.553. The lowest BCUT2D eigenvalue weighted by Crippen LogP contribution is -2.36. The second-order valence-corrected chi connectivity index (χ2v) is 10.7. The molecule has 3 rings (SSSR count). The molecule has 0 heterocycles. The number of nitrogens with one attached hydrogen (secondary N) is 2. The highest BCUT2D eigenvalue weighted by Crippen LogP contribution is 2.28. The number of hydrogen-bond donors (Lipinski definition) is 2. The van der Waals surface area contributed by atoms with Gasteiger partial charge in [-0.25, -0.2) is 0 Å². The van der Waals surface area contributed by atoms with E-state index in [-0.39, 0.29) is 0 Å². The van der Waals surface area contributed by atoms with Crippen LogP contribution in [0.3, 0.4) is 0 Å². The van der Waals surface area contributed by atoms with Crippen LogP contribution in [-0.2, 0) is 21.6 Å². The molecule has 0 amide bonds. The van der Waals surface area contributed by atoms with E-state index in [4.69, 9.17) is 0 Å². The molecule has 0 bridgehead atoms. The van der Waals surface area contributed by atoms with E-state index in [0.29, 0.717) is 11.4 Å². The van der Waals surface area contributed by atoms with Gasteiger partial charge in [-0.1, -0.05) is 24.3 Å². The summed E-state index contributed by atoms with van der Waals surface area (Å²) in [6.07, 6.45) is 6.56. The highest BCUT2D eigenvalue weighted by atomic mass is 32.2. The Hall–Kier alpha value is -2.58. The van der Waals surface area contributed by atoms with Crippen LogP contribution in [-0.4, -0.2) is 33.4 Å². The van der Waals surface area contributed by atoms with E-state index in [9.17, 15) is 18.0 Å². The molecule has 0 atom stereocenters. The number of hydrogen-bond acceptors (Lipinski definition) is 6. The molecule has 2 N–H and O–H groups in total. The Morgan fingerprint density at radius 2 is 0.875 bits per heavy atom. The van der Waals surface area contributed by atoms with Crippen LogP contribution >= 0.6 is 0 Å². The van der Waals surface area contributed by atoms with Gasteiger partial charge < -0.3 is 10.6 Å². The van der Waals surface area contributed by atoms with Crippen molar-refractivity contribution in [3.63, 3.8) is 0 Å². The maximum absolute atomic E-state index is 12.0. The lowest BCUT2D eigenvalue weighted by Gasteiger charge is -2.18. The zero-order valence-electron chi connectivity index (χ0n) is 19.9. The Morgan fingerprint density at radius 3 is 1.16 bits per heavy atom. The predicted molar refractivity (Wildman–Crippen MR) is 140 cm³/mol. The van der Waals surface area contributed by atoms with Crippen LogP contribution in [0.2, 0.25) is 0 Å². The first-order valence-electron chi connectivity index (χ1n) is 9.85. The minimum absolute atomic E-state index is 0.328. The number of rotatable bonds is 4. The van der Waals surface area contributed by atoms with E-state index in [1.54, 1.807) is 25.0 Å². The topological polar surface area (TPSA) is 92.3 Å². The predicted octanol–water partition coefficient (Wildman–Crippen LogP) is 3.99. The average molecular weight is 477 g/mol. The van der Waals surface area contributed by atoms with Crippen LogP contribution in [0.25, 0.3) is 0 Å². The van der Waals surface area contributed by atoms with Crippen LogP contribution in [0, 0.1) is 27.7 Å². The van der Waals surface area contributed by atoms with E-state index < -0.39 is 32.5 Å². The van der Waals surface area contributed by atoms with Crippen LogP contribution in [0.1, 0.15) is 22.3 Å². The summed E-state index contributed by atoms with van der Waals surface area (Å²) in [5.74, 6) is 0. The fourth-order valence-corrected chi connectivity index (χ4v) is 2.64. The fraction of sp³-hybridized carbons (Fsp3) is 0.333. The summed E-state index contributed by atoms with van der Waals surface area (Å²) in [6.45, 7) is 7.90. The van der Waals surface area contributed by atoms with Crippen molar-refractivity contribution >= 4 is 44.3 Å². The van der Waals surface area contributed by atoms with Gasteiger partial charge in [0.1, 0.15) is 11.4 Å². The first-order chi connectivity index (χ1) is 14.8. The Labute approximate surface area is 195 Å². The minimum Gasteiger partial charge on any atom is -0.350 e. The van der Waals surface area contributed by atoms with E-state index in [1.807, 2.05) is 64.1 Å². The van der Waals surface area contributed by atoms with Gasteiger partial charge in [0.15, 0.2) is 0 Å². The highest BCUT2D eigenvalue weighted by Gasteiger charge is 2.22. The molecule has 174 valence electrons. The van der Waals surface area contributed by atoms with Crippen LogP contribution in [0.4, 0.5) is 22.7 Å². The molecule has 0 aliphatic rings. The van der Waals surface area contributed by atoms with Gasteiger partial charge in [-0.2, -0.15) is 0 Å². The SMILES string of the molecule is CS(C)=O.CS(C)=O.Cc1ccc(C)c(Nc2c(Nc3cc(C)ccc3C)c(=O)c2=O)c1. The zero-order valence-corrected chi connectivity index (χ0v) is 21.5. The molecular formula is C24H32N2O4S2. The second-order valence-electron chi connectivity index (χ2n) is 7.78. The molecule has 6 nitrogen and oxygen atoms in total. The van der Waals surface area contributed by atoms with Gasteiger partial charge in [0.25, 0.3) is 10.9 Å². The van der Waals surface area contributed by atoms with E-state index in [1.165, 1.54) is 0 Å². The summed E-state index contributed by atoms with van der Waals surface area (Å²) < 4.78 is 19.1. The Morgan fingerprint density at radius 1 is 0.594 bits per heavy atom. The summed E-state index contributed by atoms with van der Waals surface area (Å²) >= 11 is 0. The fourth-order valence-electron chi connectivity index (χ4n) is 2.64. The van der Waals surface area contributed by atoms with E-state index in [2.05, 4.69) is 10.6 Å². The highest BCUT2D eigenvalue weighted by molar-refractivity contribution is 7.83. The molecule has 0 aliphatic heterocycles. The summed E-state index contributed by atoms with van der Waals surface area (Å²) in [4.78, 5) is 24.0. The Bertz CT molecular complexity index is 1090. The molecule has 0 aromatic heterocycles. The van der Waals surface area contributed by atoms with Gasteiger partial charge in [0.2, 0.25) is 0 Å². The second kappa shape index (κ2) is 12.5. The Balaban J connectivity index is 0.000000554. The molecular weight excluding hydrogens is 444 g/mol. The molecule has 0 saturated heterocycles. The first kappa shape index (κ1) is 27.5. The smallest absolute Gasteiger partial charge is 0.253 e. The third-order valence-corrected chi connectivity index (χ3v) is 4.22. The summed E-state index contributed by atoms with van der Waals surface area (Å²) in [6, 6.07) is 11.9. The molecule has 3 aromatic rings. The van der Waals surface area contributed by atoms with E-state index in [0.717, 1.165) is 33.6 Å². The maximum atomic E-state index is 12.0. The van der Waals surface area contributed by atoms with Crippen molar-refractivity contribution < 1.29 is 8.42 Å². The third-order valence-electron chi connectivity index (χ3n) is 4.22. The zero-order chi connectivity index (χ0) is 24.6. The van der Waals surface area contributed by atoms with Gasteiger partial charge >= 0.3 is 0 Å². The van der Waals surface area contributed by atoms with Crippen molar-refractivity contribution in [2.75, 3.05) is 35.7 Å². The van der Waals surface area contributed by atoms with Gasteiger partial charge in [-0.15, -0.1) is 0 Å². The summed E-state index contributed by atoms with van der Waals surface area (Å²) in [5.41, 5.74) is 5.59. The number of anilines is 4. The number of aryl methyl sites for hydroxylation is 4. The van der Waals surface area contributed by atoms with Crippen molar-refractivity contribution in [2.45, 2.75) is 27.7 Å². The van der Waals surface area contributed by atoms with Crippen molar-refractivity contribution in [2.24, 2.45) is 0 Å². The van der Waals surface area contributed by atoms with Crippen LogP contribution in [0.5, 0.6) is 0 Å². The largest absolute Gasteiger partial charge is 0.350 e. The normalized spacial score (nSPS) is 10.3. The maximum Gasteiger partial charge on any atom is 0.253 e. The lowest BCUT2D eigenvalue weighted by atomic mass is 10.1. The molecule has 3 aromatic carbocycles. The minimum atomic E-state index is -0.611. The third kappa shape index (κ3) is 8.51. The number of benzene rings is 2. The molecule has 0 radical (unpaired) electrons. The van der Waals surface area contributed by atoms with Crippen molar-refractivity contribution in [1.82, 2.24) is 0 Å². The van der Waals surface area contributed by atoms with Gasteiger partial charge in [-0.05, 0) is 62.1 Å². The van der Waals surface area contributed by atoms with Gasteiger partial charge in [0, 0.05) is 58.0 Å².